The van der Waals surface area contributed by atoms with E-state index in [1.807, 2.05) is 21.6 Å². The summed E-state index contributed by atoms with van der Waals surface area (Å²) in [6, 6.07) is 0. The lowest BCUT2D eigenvalue weighted by molar-refractivity contribution is -0.135. The summed E-state index contributed by atoms with van der Waals surface area (Å²) < 4.78 is 12.5. The van der Waals surface area contributed by atoms with Crippen LogP contribution in [-0.2, 0) is 19.1 Å². The third-order valence-electron chi connectivity index (χ3n) is 12.1. The zero-order valence-corrected chi connectivity index (χ0v) is 28.1. The van der Waals surface area contributed by atoms with Crippen LogP contribution in [0.15, 0.2) is 69.5 Å². The molecule has 0 aromatic heterocycles. The maximum absolute atomic E-state index is 14.2. The molecule has 1 spiro atoms. The molecule has 9 rings (SSSR count). The average molecular weight is 647 g/mol. The second-order valence-corrected chi connectivity index (χ2v) is 16.8. The zero-order chi connectivity index (χ0) is 30.5. The van der Waals surface area contributed by atoms with Crippen LogP contribution in [0.4, 0.5) is 0 Å². The lowest BCUT2D eigenvalue weighted by Gasteiger charge is -2.56. The first-order valence-electron chi connectivity index (χ1n) is 17.5. The van der Waals surface area contributed by atoms with Gasteiger partial charge < -0.3 is 20.1 Å². The van der Waals surface area contributed by atoms with Gasteiger partial charge in [0, 0.05) is 29.4 Å². The second kappa shape index (κ2) is 12.4. The van der Waals surface area contributed by atoms with Crippen molar-refractivity contribution in [2.24, 2.45) is 35.0 Å². The fourth-order valence-corrected chi connectivity index (χ4v) is 12.4. The average Bonchev–Trinajstić information content (AvgIpc) is 3.55. The summed E-state index contributed by atoms with van der Waals surface area (Å²) in [6.45, 7) is 2.94. The van der Waals surface area contributed by atoms with Crippen molar-refractivity contribution in [1.82, 2.24) is 10.6 Å². The van der Waals surface area contributed by atoms with Crippen molar-refractivity contribution in [2.75, 3.05) is 18.2 Å². The van der Waals surface area contributed by atoms with Crippen LogP contribution in [-0.4, -0.2) is 30.1 Å². The molecule has 3 fully saturated rings. The topological polar surface area (TPSA) is 76.7 Å². The highest BCUT2D eigenvalue weighted by Gasteiger charge is 2.68. The number of cyclic esters (lactones) is 1. The molecular formula is C37H46N2O4S2. The molecule has 8 heteroatoms. The summed E-state index contributed by atoms with van der Waals surface area (Å²) in [5, 5.41) is 7.13. The molecule has 5 unspecified atom stereocenters. The third kappa shape index (κ3) is 5.08. The van der Waals surface area contributed by atoms with E-state index < -0.39 is 5.41 Å². The molecule has 4 heterocycles. The number of fused-ring (bicyclic) bond motifs is 2. The number of esters is 2. The summed E-state index contributed by atoms with van der Waals surface area (Å²) in [5.41, 5.74) is 4.81. The molecule has 6 nitrogen and oxygen atoms in total. The SMILES string of the molecule is CCCC=C1OC(=O)C2=C1CCC1C3CCC4(C5=CCC(C6CCCCC6)CSSCNC6=CC(=CCN6)CC3=C4C(=O)O5)C21. The summed E-state index contributed by atoms with van der Waals surface area (Å²) in [5.74, 6) is 6.11. The van der Waals surface area contributed by atoms with Gasteiger partial charge in [0.05, 0.1) is 22.7 Å². The first-order valence-corrected chi connectivity index (χ1v) is 20.0. The predicted molar refractivity (Wildman–Crippen MR) is 180 cm³/mol. The fourth-order valence-electron chi connectivity index (χ4n) is 10.1. The number of carbonyl (C=O) groups is 2. The van der Waals surface area contributed by atoms with Crippen molar-refractivity contribution in [3.8, 4) is 0 Å². The van der Waals surface area contributed by atoms with E-state index in [-0.39, 0.29) is 23.8 Å². The Bertz CT molecular complexity index is 1460. The van der Waals surface area contributed by atoms with Crippen LogP contribution in [0.25, 0.3) is 0 Å². The number of dihydropyridines is 1. The maximum Gasteiger partial charge on any atom is 0.340 e. The molecule has 1 saturated heterocycles. The van der Waals surface area contributed by atoms with Gasteiger partial charge in [-0.3, -0.25) is 0 Å². The predicted octanol–water partition coefficient (Wildman–Crippen LogP) is 7.99. The quantitative estimate of drug-likeness (QED) is 0.236. The van der Waals surface area contributed by atoms with E-state index in [0.29, 0.717) is 17.8 Å². The maximum atomic E-state index is 14.2. The number of carbonyl (C=O) groups excluding carboxylic acids is 2. The van der Waals surface area contributed by atoms with Crippen molar-refractivity contribution in [2.45, 2.75) is 90.4 Å². The second-order valence-electron chi connectivity index (χ2n) is 14.3. The van der Waals surface area contributed by atoms with E-state index in [1.54, 1.807) is 0 Å². The smallest absolute Gasteiger partial charge is 0.340 e. The van der Waals surface area contributed by atoms with Crippen LogP contribution in [0.3, 0.4) is 0 Å². The van der Waals surface area contributed by atoms with E-state index in [4.69, 9.17) is 9.47 Å². The molecule has 45 heavy (non-hydrogen) atoms. The highest BCUT2D eigenvalue weighted by atomic mass is 33.1. The van der Waals surface area contributed by atoms with Crippen molar-refractivity contribution < 1.29 is 19.1 Å². The summed E-state index contributed by atoms with van der Waals surface area (Å²) in [7, 11) is 3.88. The Kier molecular flexibility index (Phi) is 8.26. The van der Waals surface area contributed by atoms with Gasteiger partial charge in [-0.15, -0.1) is 0 Å². The number of nitrogens with one attached hydrogen (secondary N) is 2. The highest BCUT2D eigenvalue weighted by Crippen LogP contribution is 2.71. The Labute approximate surface area is 275 Å². The molecule has 7 bridgehead atoms. The molecule has 0 aromatic rings. The van der Waals surface area contributed by atoms with Crippen molar-refractivity contribution in [3.05, 3.63) is 69.5 Å². The molecular weight excluding hydrogens is 601 g/mol. The number of unbranched alkanes of at least 4 members (excludes halogenated alkanes) is 1. The highest BCUT2D eigenvalue weighted by molar-refractivity contribution is 8.76. The lowest BCUT2D eigenvalue weighted by atomic mass is 9.44. The number of rotatable bonds is 3. The Morgan fingerprint density at radius 3 is 2.76 bits per heavy atom. The molecule has 2 saturated carbocycles. The standard InChI is InChI=1S/C37H46N2O4S2/c1-2-3-9-29-27-12-11-26-25-14-16-37(33(26)32(27)35(40)42-29)30-13-10-24(23-7-5-4-6-8-23)20-44-45-21-39-31-19-22(15-17-38-31)18-28(25)34(37)36(41)43-30/h9,13,15,19,23-26,33,38-39H,2-8,10-12,14,16-18,20-21H2,1H3. The van der Waals surface area contributed by atoms with E-state index >= 15 is 0 Å². The van der Waals surface area contributed by atoms with E-state index in [2.05, 4.69) is 41.9 Å². The first kappa shape index (κ1) is 30.0. The van der Waals surface area contributed by atoms with Crippen molar-refractivity contribution >= 4 is 33.5 Å². The number of ether oxygens (including phenoxy) is 2. The van der Waals surface area contributed by atoms with Gasteiger partial charge in [-0.25, -0.2) is 9.59 Å². The molecule has 5 aliphatic carbocycles. The van der Waals surface area contributed by atoms with Gasteiger partial charge in [0.2, 0.25) is 0 Å². The van der Waals surface area contributed by atoms with Gasteiger partial charge in [0.15, 0.2) is 0 Å². The van der Waals surface area contributed by atoms with Crippen LogP contribution in [0, 0.1) is 35.0 Å². The van der Waals surface area contributed by atoms with Crippen LogP contribution >= 0.6 is 21.6 Å². The van der Waals surface area contributed by atoms with Crippen LogP contribution < -0.4 is 10.6 Å². The Morgan fingerprint density at radius 1 is 1.00 bits per heavy atom. The van der Waals surface area contributed by atoms with E-state index in [9.17, 15) is 9.59 Å². The molecule has 5 atom stereocenters. The third-order valence-corrected chi connectivity index (χ3v) is 14.3. The van der Waals surface area contributed by atoms with Crippen LogP contribution in [0.1, 0.15) is 90.4 Å². The molecule has 0 radical (unpaired) electrons. The van der Waals surface area contributed by atoms with Gasteiger partial charge in [0.1, 0.15) is 11.5 Å². The molecule has 0 aromatic carbocycles. The van der Waals surface area contributed by atoms with Crippen LogP contribution in [0.5, 0.6) is 0 Å². The van der Waals surface area contributed by atoms with Crippen molar-refractivity contribution in [1.29, 1.82) is 0 Å². The number of hydrogen-bond acceptors (Lipinski definition) is 8. The van der Waals surface area contributed by atoms with Gasteiger partial charge in [-0.1, -0.05) is 78.7 Å². The monoisotopic (exact) mass is 646 g/mol. The van der Waals surface area contributed by atoms with Gasteiger partial charge in [0.25, 0.3) is 0 Å². The van der Waals surface area contributed by atoms with E-state index in [0.717, 1.165) is 104 Å². The lowest BCUT2D eigenvalue weighted by Crippen LogP contribution is -2.52. The van der Waals surface area contributed by atoms with E-state index in [1.165, 1.54) is 43.3 Å². The largest absolute Gasteiger partial charge is 0.427 e. The summed E-state index contributed by atoms with van der Waals surface area (Å²) in [4.78, 5) is 28.0. The van der Waals surface area contributed by atoms with Gasteiger partial charge in [-0.2, -0.15) is 0 Å². The summed E-state index contributed by atoms with van der Waals surface area (Å²) in [6.07, 6.45) is 22.9. The molecule has 4 aliphatic heterocycles. The minimum Gasteiger partial charge on any atom is -0.427 e. The molecule has 9 aliphatic rings. The van der Waals surface area contributed by atoms with Gasteiger partial charge in [-0.05, 0) is 92.4 Å². The molecule has 2 N–H and O–H groups in total. The minimum atomic E-state index is -0.569. The normalized spacial score (nSPS) is 35.9. The Hall–Kier alpha value is -2.32. The molecule has 240 valence electrons. The molecule has 0 amide bonds. The fraction of sp³-hybridized carbons (Fsp3) is 0.622. The summed E-state index contributed by atoms with van der Waals surface area (Å²) >= 11 is 0. The minimum absolute atomic E-state index is 0.0526. The van der Waals surface area contributed by atoms with Crippen LogP contribution in [0.2, 0.25) is 0 Å². The Balaban J connectivity index is 1.27. The first-order chi connectivity index (χ1) is 22.1. The number of hydrogen-bond donors (Lipinski definition) is 2. The van der Waals surface area contributed by atoms with Gasteiger partial charge >= 0.3 is 11.9 Å². The number of allylic oxidation sites excluding steroid dienone is 7. The zero-order valence-electron chi connectivity index (χ0n) is 26.5. The Morgan fingerprint density at radius 2 is 1.89 bits per heavy atom. The van der Waals surface area contributed by atoms with Crippen molar-refractivity contribution in [3.63, 3.8) is 0 Å².